The van der Waals surface area contributed by atoms with E-state index in [2.05, 4.69) is 10.6 Å². The molecule has 1 heterocycles. The van der Waals surface area contributed by atoms with Crippen molar-refractivity contribution in [1.29, 1.82) is 0 Å². The third-order valence-electron chi connectivity index (χ3n) is 1.85. The summed E-state index contributed by atoms with van der Waals surface area (Å²) in [4.78, 5) is 10.9. The highest BCUT2D eigenvalue weighted by molar-refractivity contribution is 5.75. The molecule has 0 bridgehead atoms. The quantitative estimate of drug-likeness (QED) is 0.475. The highest BCUT2D eigenvalue weighted by atomic mass is 16.3. The predicted molar refractivity (Wildman–Crippen MR) is 41.1 cm³/mol. The third-order valence-corrected chi connectivity index (χ3v) is 1.85. The Morgan fingerprint density at radius 2 is 2.45 bits per heavy atom. The van der Waals surface area contributed by atoms with Crippen LogP contribution in [0.15, 0.2) is 0 Å². The van der Waals surface area contributed by atoms with Crippen LogP contribution >= 0.6 is 0 Å². The molecule has 64 valence electrons. The van der Waals surface area contributed by atoms with Gasteiger partial charge in [-0.15, -0.1) is 0 Å². The number of β-amino-alcohol motifs (C(OH)–C–C–N with tert-alkyl or cyclic N) is 1. The summed E-state index contributed by atoms with van der Waals surface area (Å²) in [5, 5.41) is 15.0. The first-order valence-electron chi connectivity index (χ1n) is 3.92. The molecule has 0 aromatic heterocycles. The van der Waals surface area contributed by atoms with Gasteiger partial charge in [0.1, 0.15) is 0 Å². The van der Waals surface area contributed by atoms with E-state index in [1.54, 1.807) is 6.92 Å². The molecule has 3 N–H and O–H groups in total. The van der Waals surface area contributed by atoms with Gasteiger partial charge in [-0.1, -0.05) is 6.92 Å². The number of amides is 1. The summed E-state index contributed by atoms with van der Waals surface area (Å²) < 4.78 is 0. The van der Waals surface area contributed by atoms with Gasteiger partial charge in [0.2, 0.25) is 5.91 Å². The van der Waals surface area contributed by atoms with Crippen molar-refractivity contribution in [3.8, 4) is 0 Å². The molecule has 4 nitrogen and oxygen atoms in total. The number of nitrogens with one attached hydrogen (secondary N) is 2. The van der Waals surface area contributed by atoms with Gasteiger partial charge in [-0.2, -0.15) is 0 Å². The van der Waals surface area contributed by atoms with Crippen LogP contribution in [-0.4, -0.2) is 36.2 Å². The van der Waals surface area contributed by atoms with Gasteiger partial charge in [-0.25, -0.2) is 0 Å². The fraction of sp³-hybridized carbons (Fsp3) is 0.857. The fourth-order valence-electron chi connectivity index (χ4n) is 1.12. The maximum absolute atomic E-state index is 10.9. The first-order chi connectivity index (χ1) is 5.24. The maximum atomic E-state index is 10.9. The molecule has 0 spiro atoms. The molecular weight excluding hydrogens is 144 g/mol. The molecule has 0 aromatic carbocycles. The van der Waals surface area contributed by atoms with Gasteiger partial charge in [-0.3, -0.25) is 4.79 Å². The minimum atomic E-state index is -0.425. The van der Waals surface area contributed by atoms with E-state index in [4.69, 9.17) is 0 Å². The highest BCUT2D eigenvalue weighted by Crippen LogP contribution is 1.98. The summed E-state index contributed by atoms with van der Waals surface area (Å²) in [5.41, 5.74) is 0. The summed E-state index contributed by atoms with van der Waals surface area (Å²) in [5.74, 6) is -0.00208. The van der Waals surface area contributed by atoms with Crippen molar-refractivity contribution < 1.29 is 9.90 Å². The lowest BCUT2D eigenvalue weighted by Crippen LogP contribution is -2.42. The van der Waals surface area contributed by atoms with Crippen molar-refractivity contribution in [3.05, 3.63) is 0 Å². The molecule has 11 heavy (non-hydrogen) atoms. The van der Waals surface area contributed by atoms with Crippen molar-refractivity contribution in [3.63, 3.8) is 0 Å². The minimum absolute atomic E-state index is 0.00208. The number of rotatable bonds is 2. The lowest BCUT2D eigenvalue weighted by Gasteiger charge is -2.14. The van der Waals surface area contributed by atoms with Crippen LogP contribution < -0.4 is 10.6 Å². The van der Waals surface area contributed by atoms with Gasteiger partial charge < -0.3 is 15.7 Å². The van der Waals surface area contributed by atoms with Crippen LogP contribution in [0.1, 0.15) is 13.3 Å². The van der Waals surface area contributed by atoms with Crippen LogP contribution in [0.25, 0.3) is 0 Å². The lowest BCUT2D eigenvalue weighted by molar-refractivity contribution is -0.121. The number of carbonyl (C=O) groups excluding carboxylic acids is 1. The molecule has 4 heteroatoms. The Hall–Kier alpha value is -0.610. The Labute approximate surface area is 66.0 Å². The molecule has 1 aliphatic rings. The molecule has 0 radical (unpaired) electrons. The van der Waals surface area contributed by atoms with E-state index in [1.165, 1.54) is 0 Å². The van der Waals surface area contributed by atoms with Gasteiger partial charge >= 0.3 is 0 Å². The van der Waals surface area contributed by atoms with Crippen molar-refractivity contribution >= 4 is 5.91 Å². The Bertz CT molecular complexity index is 149. The van der Waals surface area contributed by atoms with E-state index in [9.17, 15) is 9.90 Å². The molecular formula is C7H14N2O2. The Morgan fingerprint density at radius 1 is 1.73 bits per heavy atom. The number of aliphatic hydroxyl groups excluding tert-OH is 1. The summed E-state index contributed by atoms with van der Waals surface area (Å²) in [6.07, 6.45) is 0.0500. The Morgan fingerprint density at radius 3 is 2.91 bits per heavy atom. The first-order valence-corrected chi connectivity index (χ1v) is 3.92. The molecule has 2 atom stereocenters. The van der Waals surface area contributed by atoms with Crippen LogP contribution in [0.5, 0.6) is 0 Å². The van der Waals surface area contributed by atoms with Gasteiger partial charge in [0, 0.05) is 19.5 Å². The molecule has 1 fully saturated rings. The number of aliphatic hydroxyl groups is 1. The topological polar surface area (TPSA) is 61.4 Å². The van der Waals surface area contributed by atoms with E-state index < -0.39 is 6.10 Å². The second kappa shape index (κ2) is 3.69. The third kappa shape index (κ3) is 2.17. The van der Waals surface area contributed by atoms with Crippen molar-refractivity contribution in [2.24, 2.45) is 0 Å². The van der Waals surface area contributed by atoms with E-state index in [-0.39, 0.29) is 11.9 Å². The summed E-state index contributed by atoms with van der Waals surface area (Å²) in [7, 11) is 0. The van der Waals surface area contributed by atoms with E-state index in [0.717, 1.165) is 0 Å². The largest absolute Gasteiger partial charge is 0.390 e. The monoisotopic (exact) mass is 158 g/mol. The summed E-state index contributed by atoms with van der Waals surface area (Å²) >= 11 is 0. The zero-order chi connectivity index (χ0) is 8.27. The second-order valence-electron chi connectivity index (χ2n) is 2.75. The average Bonchev–Trinajstić information content (AvgIpc) is 2.37. The maximum Gasteiger partial charge on any atom is 0.220 e. The minimum Gasteiger partial charge on any atom is -0.390 e. The van der Waals surface area contributed by atoms with Gasteiger partial charge in [0.25, 0.3) is 0 Å². The molecule has 1 aliphatic heterocycles. The normalized spacial score (nSPS) is 30.4. The summed E-state index contributed by atoms with van der Waals surface area (Å²) in [6.45, 7) is 3.05. The standard InChI is InChI=1S/C7H14N2O2/c1-2-7(11)9-5-3-8-4-6(5)10/h5-6,8,10H,2-4H2,1H3,(H,9,11). The molecule has 0 aliphatic carbocycles. The second-order valence-corrected chi connectivity index (χ2v) is 2.75. The van der Waals surface area contributed by atoms with E-state index in [0.29, 0.717) is 19.5 Å². The zero-order valence-corrected chi connectivity index (χ0v) is 6.63. The van der Waals surface area contributed by atoms with Crippen molar-refractivity contribution in [2.45, 2.75) is 25.5 Å². The van der Waals surface area contributed by atoms with Crippen LogP contribution in [0.4, 0.5) is 0 Å². The summed E-state index contributed by atoms with van der Waals surface area (Å²) in [6, 6.07) is -0.0950. The van der Waals surface area contributed by atoms with Gasteiger partial charge in [-0.05, 0) is 0 Å². The number of hydrogen-bond acceptors (Lipinski definition) is 3. The average molecular weight is 158 g/mol. The van der Waals surface area contributed by atoms with Crippen LogP contribution in [-0.2, 0) is 4.79 Å². The molecule has 0 saturated carbocycles. The van der Waals surface area contributed by atoms with Crippen LogP contribution in [0.2, 0.25) is 0 Å². The molecule has 1 rings (SSSR count). The number of carbonyl (C=O) groups is 1. The Balaban J connectivity index is 2.30. The molecule has 2 unspecified atom stereocenters. The first kappa shape index (κ1) is 8.49. The fourth-order valence-corrected chi connectivity index (χ4v) is 1.12. The van der Waals surface area contributed by atoms with Gasteiger partial charge in [0.15, 0.2) is 0 Å². The van der Waals surface area contributed by atoms with Gasteiger partial charge in [0.05, 0.1) is 12.1 Å². The van der Waals surface area contributed by atoms with E-state index >= 15 is 0 Å². The van der Waals surface area contributed by atoms with Crippen LogP contribution in [0, 0.1) is 0 Å². The molecule has 1 saturated heterocycles. The number of hydrogen-bond donors (Lipinski definition) is 3. The lowest BCUT2D eigenvalue weighted by atomic mass is 10.2. The predicted octanol–water partition coefficient (Wildman–Crippen LogP) is -1.15. The smallest absolute Gasteiger partial charge is 0.220 e. The van der Waals surface area contributed by atoms with Crippen molar-refractivity contribution in [1.82, 2.24) is 10.6 Å². The molecule has 1 amide bonds. The van der Waals surface area contributed by atoms with Crippen LogP contribution in [0.3, 0.4) is 0 Å². The highest BCUT2D eigenvalue weighted by Gasteiger charge is 2.25. The van der Waals surface area contributed by atoms with E-state index in [1.807, 2.05) is 0 Å². The van der Waals surface area contributed by atoms with Crippen molar-refractivity contribution in [2.75, 3.05) is 13.1 Å². The SMILES string of the molecule is CCC(=O)NC1CNCC1O. The Kier molecular flexibility index (Phi) is 2.84. The molecule has 0 aromatic rings. The zero-order valence-electron chi connectivity index (χ0n) is 6.63.